The molecule has 112 valence electrons. The number of anilines is 2. The molecule has 1 aliphatic rings. The summed E-state index contributed by atoms with van der Waals surface area (Å²) in [7, 11) is 0. The molecule has 21 heavy (non-hydrogen) atoms. The van der Waals surface area contributed by atoms with Gasteiger partial charge < -0.3 is 16.2 Å². The Morgan fingerprint density at radius 2 is 2.10 bits per heavy atom. The molecular formula is C13H19N7O. The molecule has 0 radical (unpaired) electrons. The van der Waals surface area contributed by atoms with Crippen LogP contribution < -0.4 is 11.1 Å². The normalized spacial score (nSPS) is 17.0. The van der Waals surface area contributed by atoms with Crippen molar-refractivity contribution >= 4 is 11.9 Å². The first kappa shape index (κ1) is 13.7. The van der Waals surface area contributed by atoms with E-state index in [4.69, 9.17) is 5.73 Å². The van der Waals surface area contributed by atoms with E-state index in [9.17, 15) is 5.11 Å². The molecule has 2 aromatic rings. The Labute approximate surface area is 122 Å². The highest BCUT2D eigenvalue weighted by molar-refractivity contribution is 5.35. The van der Waals surface area contributed by atoms with E-state index in [2.05, 4.69) is 25.3 Å². The van der Waals surface area contributed by atoms with Gasteiger partial charge in [0.2, 0.25) is 17.8 Å². The van der Waals surface area contributed by atoms with Crippen molar-refractivity contribution in [1.82, 2.24) is 24.5 Å². The maximum atomic E-state index is 9.62. The number of aromatic nitrogens is 5. The van der Waals surface area contributed by atoms with E-state index in [0.717, 1.165) is 25.7 Å². The van der Waals surface area contributed by atoms with Gasteiger partial charge in [-0.15, -0.1) is 0 Å². The minimum Gasteiger partial charge on any atom is -0.396 e. The summed E-state index contributed by atoms with van der Waals surface area (Å²) in [5.74, 6) is 0.999. The minimum atomic E-state index is -0.0729. The van der Waals surface area contributed by atoms with Crippen LogP contribution in [0.15, 0.2) is 18.7 Å². The Morgan fingerprint density at radius 1 is 1.29 bits per heavy atom. The van der Waals surface area contributed by atoms with E-state index < -0.39 is 0 Å². The molecule has 1 aliphatic carbocycles. The van der Waals surface area contributed by atoms with Crippen LogP contribution >= 0.6 is 0 Å². The van der Waals surface area contributed by atoms with Crippen molar-refractivity contribution in [2.75, 3.05) is 24.2 Å². The number of nitrogens with two attached hydrogens (primary N) is 1. The van der Waals surface area contributed by atoms with Gasteiger partial charge in [0.15, 0.2) is 0 Å². The third-order valence-electron chi connectivity index (χ3n) is 4.00. The third kappa shape index (κ3) is 2.94. The second-order valence-electron chi connectivity index (χ2n) is 5.51. The number of hydrogen-bond donors (Lipinski definition) is 3. The zero-order chi connectivity index (χ0) is 14.7. The maximum Gasteiger partial charge on any atom is 0.241 e. The number of imidazole rings is 1. The van der Waals surface area contributed by atoms with Crippen molar-refractivity contribution < 1.29 is 5.11 Å². The van der Waals surface area contributed by atoms with Crippen molar-refractivity contribution in [2.24, 2.45) is 5.41 Å². The van der Waals surface area contributed by atoms with Crippen LogP contribution in [-0.2, 0) is 0 Å². The molecule has 1 saturated carbocycles. The van der Waals surface area contributed by atoms with E-state index >= 15 is 0 Å². The van der Waals surface area contributed by atoms with Crippen molar-refractivity contribution in [1.29, 1.82) is 0 Å². The van der Waals surface area contributed by atoms with Gasteiger partial charge in [-0.2, -0.15) is 15.0 Å². The Bertz CT molecular complexity index is 593. The molecule has 8 nitrogen and oxygen atoms in total. The van der Waals surface area contributed by atoms with Crippen LogP contribution in [0.1, 0.15) is 25.7 Å². The van der Waals surface area contributed by atoms with E-state index in [1.165, 1.54) is 0 Å². The fourth-order valence-corrected chi connectivity index (χ4v) is 2.73. The monoisotopic (exact) mass is 289 g/mol. The summed E-state index contributed by atoms with van der Waals surface area (Å²) in [5, 5.41) is 12.8. The molecule has 0 spiro atoms. The lowest BCUT2D eigenvalue weighted by Gasteiger charge is -2.26. The molecule has 0 unspecified atom stereocenters. The first-order chi connectivity index (χ1) is 10.2. The van der Waals surface area contributed by atoms with Crippen LogP contribution in [0.4, 0.5) is 11.9 Å². The zero-order valence-corrected chi connectivity index (χ0v) is 11.7. The maximum absolute atomic E-state index is 9.62. The van der Waals surface area contributed by atoms with E-state index in [1.54, 1.807) is 23.3 Å². The van der Waals surface area contributed by atoms with Crippen LogP contribution in [0.5, 0.6) is 0 Å². The summed E-state index contributed by atoms with van der Waals surface area (Å²) in [6, 6.07) is 0. The average Bonchev–Trinajstić information content (AvgIpc) is 3.17. The highest BCUT2D eigenvalue weighted by atomic mass is 16.3. The number of rotatable bonds is 5. The fraction of sp³-hybridized carbons (Fsp3) is 0.538. The Morgan fingerprint density at radius 3 is 2.76 bits per heavy atom. The molecule has 0 atom stereocenters. The lowest BCUT2D eigenvalue weighted by molar-refractivity contribution is 0.142. The van der Waals surface area contributed by atoms with Crippen LogP contribution in [0.25, 0.3) is 5.95 Å². The van der Waals surface area contributed by atoms with Gasteiger partial charge >= 0.3 is 0 Å². The van der Waals surface area contributed by atoms with Crippen molar-refractivity contribution in [3.63, 3.8) is 0 Å². The summed E-state index contributed by atoms with van der Waals surface area (Å²) < 4.78 is 1.67. The highest BCUT2D eigenvalue weighted by Crippen LogP contribution is 2.37. The number of nitrogen functional groups attached to an aromatic ring is 1. The van der Waals surface area contributed by atoms with Crippen LogP contribution in [0.2, 0.25) is 0 Å². The summed E-state index contributed by atoms with van der Waals surface area (Å²) in [6.45, 7) is 0.811. The van der Waals surface area contributed by atoms with E-state index in [0.29, 0.717) is 18.4 Å². The van der Waals surface area contributed by atoms with Gasteiger partial charge in [0, 0.05) is 24.4 Å². The van der Waals surface area contributed by atoms with Gasteiger partial charge in [-0.3, -0.25) is 4.57 Å². The molecule has 4 N–H and O–H groups in total. The molecule has 2 heterocycles. The van der Waals surface area contributed by atoms with Crippen molar-refractivity contribution in [3.8, 4) is 5.95 Å². The standard InChI is InChI=1S/C13H19N7O/c14-10-17-11(16-7-13(8-21)3-1-2-4-13)19-12(18-10)20-6-5-15-9-20/h5-6,9,21H,1-4,7-8H2,(H3,14,16,17,18,19). The predicted molar refractivity (Wildman–Crippen MR) is 77.8 cm³/mol. The minimum absolute atomic E-state index is 0.0729. The summed E-state index contributed by atoms with van der Waals surface area (Å²) in [6.07, 6.45) is 9.34. The SMILES string of the molecule is Nc1nc(NCC2(CO)CCCC2)nc(-n2ccnc2)n1. The van der Waals surface area contributed by atoms with Gasteiger partial charge in [0.1, 0.15) is 6.33 Å². The number of hydrogen-bond acceptors (Lipinski definition) is 7. The average molecular weight is 289 g/mol. The molecule has 1 fully saturated rings. The summed E-state index contributed by atoms with van der Waals surface area (Å²) >= 11 is 0. The van der Waals surface area contributed by atoms with E-state index in [1.807, 2.05) is 0 Å². The van der Waals surface area contributed by atoms with Gasteiger partial charge in [0.25, 0.3) is 0 Å². The van der Waals surface area contributed by atoms with Gasteiger partial charge in [-0.05, 0) is 12.8 Å². The molecule has 2 aromatic heterocycles. The van der Waals surface area contributed by atoms with E-state index in [-0.39, 0.29) is 18.0 Å². The zero-order valence-electron chi connectivity index (χ0n) is 11.7. The third-order valence-corrected chi connectivity index (χ3v) is 4.00. The second kappa shape index (κ2) is 5.65. The smallest absolute Gasteiger partial charge is 0.241 e. The Kier molecular flexibility index (Phi) is 3.70. The number of aliphatic hydroxyl groups is 1. The fourth-order valence-electron chi connectivity index (χ4n) is 2.73. The Hall–Kier alpha value is -2.22. The molecule has 0 aromatic carbocycles. The van der Waals surface area contributed by atoms with Gasteiger partial charge in [-0.25, -0.2) is 4.98 Å². The molecule has 0 bridgehead atoms. The Balaban J connectivity index is 1.76. The number of aliphatic hydroxyl groups excluding tert-OH is 1. The second-order valence-corrected chi connectivity index (χ2v) is 5.51. The quantitative estimate of drug-likeness (QED) is 0.738. The molecule has 3 rings (SSSR count). The first-order valence-electron chi connectivity index (χ1n) is 7.05. The first-order valence-corrected chi connectivity index (χ1v) is 7.05. The highest BCUT2D eigenvalue weighted by Gasteiger charge is 2.33. The largest absolute Gasteiger partial charge is 0.396 e. The lowest BCUT2D eigenvalue weighted by atomic mass is 9.87. The summed E-state index contributed by atoms with van der Waals surface area (Å²) in [4.78, 5) is 16.5. The molecule has 0 aliphatic heterocycles. The van der Waals surface area contributed by atoms with Crippen molar-refractivity contribution in [3.05, 3.63) is 18.7 Å². The predicted octanol–water partition coefficient (Wildman–Crippen LogP) is 0.604. The molecule has 0 amide bonds. The molecule has 0 saturated heterocycles. The van der Waals surface area contributed by atoms with Crippen LogP contribution in [0.3, 0.4) is 0 Å². The number of nitrogens with one attached hydrogen (secondary N) is 1. The topological polar surface area (TPSA) is 115 Å². The lowest BCUT2D eigenvalue weighted by Crippen LogP contribution is -2.31. The molecule has 8 heteroatoms. The number of nitrogens with zero attached hydrogens (tertiary/aromatic N) is 5. The van der Waals surface area contributed by atoms with Crippen LogP contribution in [0, 0.1) is 5.41 Å². The van der Waals surface area contributed by atoms with Gasteiger partial charge in [-0.1, -0.05) is 12.8 Å². The molecular weight excluding hydrogens is 270 g/mol. The summed E-state index contributed by atoms with van der Waals surface area (Å²) in [5.41, 5.74) is 5.66. The van der Waals surface area contributed by atoms with Crippen LogP contribution in [-0.4, -0.2) is 42.8 Å². The van der Waals surface area contributed by atoms with Crippen molar-refractivity contribution in [2.45, 2.75) is 25.7 Å². The van der Waals surface area contributed by atoms with Gasteiger partial charge in [0.05, 0.1) is 6.61 Å².